The van der Waals surface area contributed by atoms with Gasteiger partial charge >= 0.3 is 0 Å². The summed E-state index contributed by atoms with van der Waals surface area (Å²) in [4.78, 5) is 29.3. The number of aliphatic imine (C=N–C) groups is 1. The summed E-state index contributed by atoms with van der Waals surface area (Å²) in [5.74, 6) is 1.54. The van der Waals surface area contributed by atoms with Gasteiger partial charge in [-0.15, -0.1) is 0 Å². The van der Waals surface area contributed by atoms with Crippen LogP contribution in [-0.2, 0) is 9.53 Å². The van der Waals surface area contributed by atoms with Gasteiger partial charge in [-0.05, 0) is 11.5 Å². The number of amides is 1. The molecular weight excluding hydrogens is 370 g/mol. The van der Waals surface area contributed by atoms with Crippen molar-refractivity contribution in [2.24, 2.45) is 10.4 Å². The Morgan fingerprint density at radius 2 is 1.86 bits per heavy atom. The standard InChI is InChI=1S/C20H35N7O2/c1-20(2,3)16(29-5)15-25-18(21-4)22-10-7-17(28)26-11-13-27(14-12-26)19-23-8-6-9-24-19/h6,8-9,16H,7,10-15H2,1-5H3,(H2,21,22,25). The maximum absolute atomic E-state index is 12.5. The summed E-state index contributed by atoms with van der Waals surface area (Å²) in [5.41, 5.74) is 0.0313. The first-order chi connectivity index (χ1) is 13.8. The van der Waals surface area contributed by atoms with Gasteiger partial charge in [0, 0.05) is 72.2 Å². The number of piperazine rings is 1. The number of ether oxygens (including phenoxy) is 1. The first-order valence-corrected chi connectivity index (χ1v) is 10.1. The molecule has 1 aromatic rings. The average Bonchev–Trinajstić information content (AvgIpc) is 2.72. The van der Waals surface area contributed by atoms with E-state index in [1.54, 1.807) is 32.6 Å². The molecular formula is C20H35N7O2. The van der Waals surface area contributed by atoms with E-state index in [4.69, 9.17) is 4.74 Å². The van der Waals surface area contributed by atoms with E-state index >= 15 is 0 Å². The van der Waals surface area contributed by atoms with Gasteiger partial charge in [0.1, 0.15) is 0 Å². The second kappa shape index (κ2) is 10.9. The first kappa shape index (κ1) is 22.9. The van der Waals surface area contributed by atoms with Gasteiger partial charge in [0.15, 0.2) is 5.96 Å². The lowest BCUT2D eigenvalue weighted by Gasteiger charge is -2.34. The molecule has 1 aliphatic rings. The number of carbonyl (C=O) groups is 1. The van der Waals surface area contributed by atoms with E-state index in [1.807, 2.05) is 4.90 Å². The Kier molecular flexibility index (Phi) is 8.63. The molecule has 9 heteroatoms. The van der Waals surface area contributed by atoms with E-state index in [1.165, 1.54) is 0 Å². The minimum Gasteiger partial charge on any atom is -0.379 e. The fraction of sp³-hybridized carbons (Fsp3) is 0.700. The predicted octanol–water partition coefficient (Wildman–Crippen LogP) is 0.741. The molecule has 1 aromatic heterocycles. The fourth-order valence-corrected chi connectivity index (χ4v) is 3.21. The molecule has 1 aliphatic heterocycles. The number of anilines is 1. The summed E-state index contributed by atoms with van der Waals surface area (Å²) in [5, 5.41) is 6.48. The number of methoxy groups -OCH3 is 1. The smallest absolute Gasteiger partial charge is 0.225 e. The highest BCUT2D eigenvalue weighted by Gasteiger charge is 2.25. The van der Waals surface area contributed by atoms with E-state index in [0.717, 1.165) is 19.0 Å². The molecule has 1 unspecified atom stereocenters. The van der Waals surface area contributed by atoms with Crippen LogP contribution in [0, 0.1) is 5.41 Å². The summed E-state index contributed by atoms with van der Waals surface area (Å²) in [6.45, 7) is 10.5. The number of hydrogen-bond acceptors (Lipinski definition) is 6. The quantitative estimate of drug-likeness (QED) is 0.510. The lowest BCUT2D eigenvalue weighted by atomic mass is 9.89. The summed E-state index contributed by atoms with van der Waals surface area (Å²) in [6.07, 6.45) is 3.97. The Morgan fingerprint density at radius 1 is 1.21 bits per heavy atom. The Labute approximate surface area is 173 Å². The molecule has 2 N–H and O–H groups in total. The number of rotatable bonds is 7. The van der Waals surface area contributed by atoms with Crippen molar-refractivity contribution in [1.82, 2.24) is 25.5 Å². The second-order valence-corrected chi connectivity index (χ2v) is 8.14. The van der Waals surface area contributed by atoms with Crippen molar-refractivity contribution in [2.45, 2.75) is 33.3 Å². The van der Waals surface area contributed by atoms with Gasteiger partial charge in [-0.25, -0.2) is 9.97 Å². The molecule has 0 radical (unpaired) electrons. The molecule has 0 bridgehead atoms. The molecule has 29 heavy (non-hydrogen) atoms. The number of guanidine groups is 1. The van der Waals surface area contributed by atoms with Crippen LogP contribution in [0.2, 0.25) is 0 Å². The lowest BCUT2D eigenvalue weighted by Crippen LogP contribution is -2.50. The van der Waals surface area contributed by atoms with E-state index in [0.29, 0.717) is 38.6 Å². The Hall–Kier alpha value is -2.42. The van der Waals surface area contributed by atoms with Crippen molar-refractivity contribution in [3.05, 3.63) is 18.5 Å². The van der Waals surface area contributed by atoms with Crippen LogP contribution in [0.1, 0.15) is 27.2 Å². The molecule has 0 saturated carbocycles. The van der Waals surface area contributed by atoms with Crippen molar-refractivity contribution >= 4 is 17.8 Å². The Bertz CT molecular complexity index is 653. The van der Waals surface area contributed by atoms with Crippen molar-refractivity contribution in [3.8, 4) is 0 Å². The van der Waals surface area contributed by atoms with E-state index in [-0.39, 0.29) is 17.4 Å². The SMILES string of the molecule is CN=C(NCCC(=O)N1CCN(c2ncccn2)CC1)NCC(OC)C(C)(C)C. The van der Waals surface area contributed by atoms with Crippen LogP contribution in [0.3, 0.4) is 0 Å². The van der Waals surface area contributed by atoms with Crippen LogP contribution in [0.5, 0.6) is 0 Å². The average molecular weight is 406 g/mol. The van der Waals surface area contributed by atoms with Crippen LogP contribution < -0.4 is 15.5 Å². The highest BCUT2D eigenvalue weighted by Crippen LogP contribution is 2.20. The molecule has 1 atom stereocenters. The largest absolute Gasteiger partial charge is 0.379 e. The number of nitrogens with one attached hydrogen (secondary N) is 2. The van der Waals surface area contributed by atoms with Gasteiger partial charge in [-0.3, -0.25) is 9.79 Å². The first-order valence-electron chi connectivity index (χ1n) is 10.1. The van der Waals surface area contributed by atoms with Crippen molar-refractivity contribution in [2.75, 3.05) is 58.3 Å². The van der Waals surface area contributed by atoms with Crippen LogP contribution in [-0.4, -0.2) is 86.3 Å². The zero-order chi connectivity index (χ0) is 21.3. The predicted molar refractivity (Wildman–Crippen MR) is 115 cm³/mol. The molecule has 1 fully saturated rings. The van der Waals surface area contributed by atoms with Gasteiger partial charge in [-0.2, -0.15) is 0 Å². The number of hydrogen-bond donors (Lipinski definition) is 2. The maximum atomic E-state index is 12.5. The van der Waals surface area contributed by atoms with Crippen molar-refractivity contribution in [1.29, 1.82) is 0 Å². The molecule has 0 aliphatic carbocycles. The van der Waals surface area contributed by atoms with Crippen LogP contribution >= 0.6 is 0 Å². The van der Waals surface area contributed by atoms with Gasteiger partial charge in [0.25, 0.3) is 0 Å². The van der Waals surface area contributed by atoms with E-state index in [9.17, 15) is 4.79 Å². The summed E-state index contributed by atoms with van der Waals surface area (Å²) in [7, 11) is 3.44. The fourth-order valence-electron chi connectivity index (χ4n) is 3.21. The highest BCUT2D eigenvalue weighted by atomic mass is 16.5. The zero-order valence-electron chi connectivity index (χ0n) is 18.3. The highest BCUT2D eigenvalue weighted by molar-refractivity contribution is 5.81. The molecule has 162 valence electrons. The molecule has 1 saturated heterocycles. The third kappa shape index (κ3) is 7.16. The normalized spacial score (nSPS) is 16.5. The molecule has 2 heterocycles. The van der Waals surface area contributed by atoms with Crippen LogP contribution in [0.25, 0.3) is 0 Å². The number of carbonyl (C=O) groups excluding carboxylic acids is 1. The summed E-state index contributed by atoms with van der Waals surface area (Å²) >= 11 is 0. The number of aromatic nitrogens is 2. The minimum atomic E-state index is 0.0313. The second-order valence-electron chi connectivity index (χ2n) is 8.14. The maximum Gasteiger partial charge on any atom is 0.225 e. The van der Waals surface area contributed by atoms with Crippen molar-refractivity contribution in [3.63, 3.8) is 0 Å². The third-order valence-electron chi connectivity index (χ3n) is 5.03. The molecule has 0 spiro atoms. The molecule has 9 nitrogen and oxygen atoms in total. The Balaban J connectivity index is 1.69. The molecule has 0 aromatic carbocycles. The van der Waals surface area contributed by atoms with E-state index < -0.39 is 0 Å². The van der Waals surface area contributed by atoms with Gasteiger partial charge in [0.2, 0.25) is 11.9 Å². The summed E-state index contributed by atoms with van der Waals surface area (Å²) in [6, 6.07) is 1.80. The lowest BCUT2D eigenvalue weighted by molar-refractivity contribution is -0.131. The van der Waals surface area contributed by atoms with Crippen LogP contribution in [0.4, 0.5) is 5.95 Å². The molecule has 2 rings (SSSR count). The Morgan fingerprint density at radius 3 is 2.41 bits per heavy atom. The van der Waals surface area contributed by atoms with E-state index in [2.05, 4.69) is 51.3 Å². The molecule has 1 amide bonds. The summed E-state index contributed by atoms with van der Waals surface area (Å²) < 4.78 is 5.55. The zero-order valence-corrected chi connectivity index (χ0v) is 18.3. The van der Waals surface area contributed by atoms with Crippen molar-refractivity contribution < 1.29 is 9.53 Å². The van der Waals surface area contributed by atoms with Gasteiger partial charge in [0.05, 0.1) is 6.10 Å². The van der Waals surface area contributed by atoms with Gasteiger partial charge < -0.3 is 25.2 Å². The van der Waals surface area contributed by atoms with Gasteiger partial charge in [-0.1, -0.05) is 20.8 Å². The topological polar surface area (TPSA) is 95.0 Å². The monoisotopic (exact) mass is 405 g/mol. The number of nitrogens with zero attached hydrogens (tertiary/aromatic N) is 5. The van der Waals surface area contributed by atoms with Crippen LogP contribution in [0.15, 0.2) is 23.5 Å². The third-order valence-corrected chi connectivity index (χ3v) is 5.03. The minimum absolute atomic E-state index is 0.0313.